The SMILES string of the molecule is CCCC(COC)Nc1c(C(N)=S)c(C)nn1C. The van der Waals surface area contributed by atoms with Crippen LogP contribution in [-0.2, 0) is 11.8 Å². The van der Waals surface area contributed by atoms with E-state index in [1.165, 1.54) is 0 Å². The number of nitrogens with two attached hydrogens (primary N) is 1. The minimum absolute atomic E-state index is 0.239. The molecule has 5 nitrogen and oxygen atoms in total. The highest BCUT2D eigenvalue weighted by Crippen LogP contribution is 2.20. The van der Waals surface area contributed by atoms with Crippen molar-refractivity contribution in [1.29, 1.82) is 0 Å². The molecule has 6 heteroatoms. The molecule has 1 rings (SSSR count). The van der Waals surface area contributed by atoms with Gasteiger partial charge in [0.1, 0.15) is 10.8 Å². The molecule has 1 aromatic rings. The fourth-order valence-electron chi connectivity index (χ4n) is 2.06. The van der Waals surface area contributed by atoms with Gasteiger partial charge in [0.15, 0.2) is 0 Å². The van der Waals surface area contributed by atoms with Crippen molar-refractivity contribution in [2.75, 3.05) is 19.0 Å². The number of aromatic nitrogens is 2. The summed E-state index contributed by atoms with van der Waals surface area (Å²) in [7, 11) is 3.58. The van der Waals surface area contributed by atoms with Crippen molar-refractivity contribution < 1.29 is 4.74 Å². The van der Waals surface area contributed by atoms with Crippen LogP contribution in [0.3, 0.4) is 0 Å². The van der Waals surface area contributed by atoms with Crippen LogP contribution in [0.5, 0.6) is 0 Å². The molecule has 0 aliphatic rings. The van der Waals surface area contributed by atoms with Gasteiger partial charge in [0.2, 0.25) is 0 Å². The molecule has 0 bridgehead atoms. The quantitative estimate of drug-likeness (QED) is 0.737. The van der Waals surface area contributed by atoms with E-state index >= 15 is 0 Å². The molecular weight excluding hydrogens is 248 g/mol. The molecule has 0 saturated carbocycles. The molecule has 0 saturated heterocycles. The van der Waals surface area contributed by atoms with Crippen molar-refractivity contribution in [2.24, 2.45) is 12.8 Å². The Hall–Kier alpha value is -1.14. The topological polar surface area (TPSA) is 65.1 Å². The Morgan fingerprint density at radius 2 is 2.28 bits per heavy atom. The van der Waals surface area contributed by atoms with Crippen LogP contribution in [-0.4, -0.2) is 34.5 Å². The monoisotopic (exact) mass is 270 g/mol. The second-order valence-corrected chi connectivity index (χ2v) is 4.82. The van der Waals surface area contributed by atoms with Gasteiger partial charge in [-0.05, 0) is 13.3 Å². The van der Waals surface area contributed by atoms with E-state index in [1.54, 1.807) is 11.8 Å². The standard InChI is InChI=1S/C12H22N4OS/c1-5-6-9(7-17-4)14-12-10(11(13)18)8(2)15-16(12)3/h9,14H,5-7H2,1-4H3,(H2,13,18). The van der Waals surface area contributed by atoms with Crippen molar-refractivity contribution in [2.45, 2.75) is 32.7 Å². The first-order valence-electron chi connectivity index (χ1n) is 6.10. The predicted octanol–water partition coefficient (Wildman–Crippen LogP) is 1.59. The van der Waals surface area contributed by atoms with Crippen LogP contribution in [0.2, 0.25) is 0 Å². The van der Waals surface area contributed by atoms with Gasteiger partial charge in [0.25, 0.3) is 0 Å². The van der Waals surface area contributed by atoms with Crippen LogP contribution in [0.1, 0.15) is 31.0 Å². The Labute approximate surface area is 114 Å². The molecule has 0 radical (unpaired) electrons. The Morgan fingerprint density at radius 1 is 1.61 bits per heavy atom. The summed E-state index contributed by atoms with van der Waals surface area (Å²) in [5.74, 6) is 0.871. The maximum absolute atomic E-state index is 5.76. The second kappa shape index (κ2) is 6.70. The van der Waals surface area contributed by atoms with E-state index in [2.05, 4.69) is 17.3 Å². The zero-order valence-corrected chi connectivity index (χ0v) is 12.3. The molecule has 3 N–H and O–H groups in total. The molecule has 1 unspecified atom stereocenters. The van der Waals surface area contributed by atoms with Crippen molar-refractivity contribution in [3.63, 3.8) is 0 Å². The molecule has 0 aliphatic heterocycles. The van der Waals surface area contributed by atoms with Crippen LogP contribution in [0, 0.1) is 6.92 Å². The fourth-order valence-corrected chi connectivity index (χ4v) is 2.30. The zero-order valence-electron chi connectivity index (χ0n) is 11.5. The maximum Gasteiger partial charge on any atom is 0.134 e. The first-order valence-corrected chi connectivity index (χ1v) is 6.50. The summed E-state index contributed by atoms with van der Waals surface area (Å²) >= 11 is 5.09. The normalized spacial score (nSPS) is 12.4. The molecule has 1 atom stereocenters. The van der Waals surface area contributed by atoms with Crippen LogP contribution in [0.4, 0.5) is 5.82 Å². The van der Waals surface area contributed by atoms with E-state index in [9.17, 15) is 0 Å². The lowest BCUT2D eigenvalue weighted by atomic mass is 10.1. The van der Waals surface area contributed by atoms with Gasteiger partial charge < -0.3 is 15.8 Å². The minimum atomic E-state index is 0.239. The van der Waals surface area contributed by atoms with E-state index < -0.39 is 0 Å². The number of hydrogen-bond donors (Lipinski definition) is 2. The largest absolute Gasteiger partial charge is 0.389 e. The van der Waals surface area contributed by atoms with Gasteiger partial charge in [-0.15, -0.1) is 0 Å². The van der Waals surface area contributed by atoms with Crippen LogP contribution < -0.4 is 11.1 Å². The van der Waals surface area contributed by atoms with Gasteiger partial charge in [0, 0.05) is 14.2 Å². The lowest BCUT2D eigenvalue weighted by Crippen LogP contribution is -2.27. The van der Waals surface area contributed by atoms with Gasteiger partial charge >= 0.3 is 0 Å². The molecule has 1 aromatic heterocycles. The number of thiocarbonyl (C=S) groups is 1. The predicted molar refractivity (Wildman–Crippen MR) is 78.0 cm³/mol. The van der Waals surface area contributed by atoms with E-state index in [4.69, 9.17) is 22.7 Å². The number of hydrogen-bond acceptors (Lipinski definition) is 4. The number of aryl methyl sites for hydroxylation is 2. The third-order valence-corrected chi connectivity index (χ3v) is 3.02. The summed E-state index contributed by atoms with van der Waals surface area (Å²) in [6, 6.07) is 0.239. The first kappa shape index (κ1) is 14.9. The Balaban J connectivity index is 2.97. The first-order chi connectivity index (χ1) is 8.51. The van der Waals surface area contributed by atoms with Gasteiger partial charge in [-0.3, -0.25) is 4.68 Å². The number of nitrogens with zero attached hydrogens (tertiary/aromatic N) is 2. The summed E-state index contributed by atoms with van der Waals surface area (Å²) in [5.41, 5.74) is 7.43. The Bertz CT molecular complexity index is 410. The van der Waals surface area contributed by atoms with E-state index in [-0.39, 0.29) is 6.04 Å². The van der Waals surface area contributed by atoms with Crippen molar-refractivity contribution in [1.82, 2.24) is 9.78 Å². The summed E-state index contributed by atoms with van der Waals surface area (Å²) in [6.07, 6.45) is 2.11. The molecule has 1 heterocycles. The molecule has 0 spiro atoms. The summed E-state index contributed by atoms with van der Waals surface area (Å²) in [5, 5.41) is 7.78. The van der Waals surface area contributed by atoms with Crippen LogP contribution in [0.15, 0.2) is 0 Å². The highest BCUT2D eigenvalue weighted by molar-refractivity contribution is 7.80. The number of nitrogens with one attached hydrogen (secondary N) is 1. The third-order valence-electron chi connectivity index (χ3n) is 2.81. The maximum atomic E-state index is 5.76. The van der Waals surface area contributed by atoms with Gasteiger partial charge in [-0.25, -0.2) is 0 Å². The third kappa shape index (κ3) is 3.43. The smallest absolute Gasteiger partial charge is 0.134 e. The Kier molecular flexibility index (Phi) is 5.55. The van der Waals surface area contributed by atoms with Gasteiger partial charge in [-0.1, -0.05) is 25.6 Å². The number of rotatable bonds is 7. The van der Waals surface area contributed by atoms with Crippen LogP contribution in [0.25, 0.3) is 0 Å². The molecule has 0 amide bonds. The lowest BCUT2D eigenvalue weighted by molar-refractivity contribution is 0.182. The van der Waals surface area contributed by atoms with Gasteiger partial charge in [0.05, 0.1) is 23.9 Å². The van der Waals surface area contributed by atoms with E-state index in [0.717, 1.165) is 29.9 Å². The van der Waals surface area contributed by atoms with Crippen LogP contribution >= 0.6 is 12.2 Å². The molecule has 0 fully saturated rings. The second-order valence-electron chi connectivity index (χ2n) is 4.38. The summed E-state index contributed by atoms with van der Waals surface area (Å²) in [4.78, 5) is 0.371. The van der Waals surface area contributed by atoms with Crippen molar-refractivity contribution in [3.8, 4) is 0 Å². The minimum Gasteiger partial charge on any atom is -0.389 e. The van der Waals surface area contributed by atoms with Gasteiger partial charge in [-0.2, -0.15) is 5.10 Å². The zero-order chi connectivity index (χ0) is 13.7. The highest BCUT2D eigenvalue weighted by atomic mass is 32.1. The molecular formula is C12H22N4OS. The molecule has 102 valence electrons. The number of methoxy groups -OCH3 is 1. The Morgan fingerprint density at radius 3 is 2.78 bits per heavy atom. The van der Waals surface area contributed by atoms with E-state index in [1.807, 2.05) is 14.0 Å². The average Bonchev–Trinajstić information content (AvgIpc) is 2.54. The lowest BCUT2D eigenvalue weighted by Gasteiger charge is -2.19. The number of ether oxygens (including phenoxy) is 1. The highest BCUT2D eigenvalue weighted by Gasteiger charge is 2.18. The average molecular weight is 270 g/mol. The molecule has 0 aromatic carbocycles. The molecule has 0 aliphatic carbocycles. The van der Waals surface area contributed by atoms with Crippen molar-refractivity contribution in [3.05, 3.63) is 11.3 Å². The summed E-state index contributed by atoms with van der Waals surface area (Å²) in [6.45, 7) is 4.70. The molecule has 18 heavy (non-hydrogen) atoms. The van der Waals surface area contributed by atoms with E-state index in [0.29, 0.717) is 11.6 Å². The number of anilines is 1. The van der Waals surface area contributed by atoms with Crippen molar-refractivity contribution >= 4 is 23.0 Å². The summed E-state index contributed by atoms with van der Waals surface area (Å²) < 4.78 is 7.00. The fraction of sp³-hybridized carbons (Fsp3) is 0.667.